The van der Waals surface area contributed by atoms with Gasteiger partial charge in [-0.1, -0.05) is 25.7 Å². The molecule has 2 heterocycles. The maximum absolute atomic E-state index is 12.7. The maximum atomic E-state index is 12.7. The Hall–Kier alpha value is -1.47. The van der Waals surface area contributed by atoms with Crippen molar-refractivity contribution >= 4 is 5.91 Å². The van der Waals surface area contributed by atoms with Crippen LogP contribution in [0.2, 0.25) is 0 Å². The van der Waals surface area contributed by atoms with Crippen molar-refractivity contribution in [3.63, 3.8) is 0 Å². The van der Waals surface area contributed by atoms with Gasteiger partial charge in [0.05, 0.1) is 19.3 Å². The van der Waals surface area contributed by atoms with E-state index in [0.717, 1.165) is 12.8 Å². The number of amides is 1. The predicted molar refractivity (Wildman–Crippen MR) is 86.3 cm³/mol. The molecule has 2 atom stereocenters. The summed E-state index contributed by atoms with van der Waals surface area (Å²) in [6, 6.07) is 0. The van der Waals surface area contributed by atoms with Crippen LogP contribution < -0.4 is 0 Å². The monoisotopic (exact) mass is 337 g/mol. The number of rotatable bonds is 4. The second-order valence-electron chi connectivity index (χ2n) is 6.69. The van der Waals surface area contributed by atoms with E-state index in [2.05, 4.69) is 10.2 Å². The van der Waals surface area contributed by atoms with Crippen molar-refractivity contribution in [1.29, 1.82) is 0 Å². The molecule has 0 bridgehead atoms. The first-order chi connectivity index (χ1) is 11.6. The Kier molecular flexibility index (Phi) is 5.84. The molecule has 2 fully saturated rings. The Labute approximate surface area is 142 Å². The van der Waals surface area contributed by atoms with Crippen LogP contribution in [0.5, 0.6) is 0 Å². The van der Waals surface area contributed by atoms with Gasteiger partial charge in [0.25, 0.3) is 5.91 Å². The summed E-state index contributed by atoms with van der Waals surface area (Å²) in [6.07, 6.45) is 6.50. The van der Waals surface area contributed by atoms with Crippen LogP contribution in [0.4, 0.5) is 0 Å². The summed E-state index contributed by atoms with van der Waals surface area (Å²) in [4.78, 5) is 14.5. The summed E-state index contributed by atoms with van der Waals surface area (Å²) in [7, 11) is 0. The molecular formula is C17H27N3O4. The highest BCUT2D eigenvalue weighted by atomic mass is 16.5. The molecule has 1 aliphatic carbocycles. The molecule has 1 saturated heterocycles. The van der Waals surface area contributed by atoms with Gasteiger partial charge in [0.1, 0.15) is 6.10 Å². The third-order valence-corrected chi connectivity index (χ3v) is 4.74. The van der Waals surface area contributed by atoms with Crippen molar-refractivity contribution in [3.8, 4) is 0 Å². The molecule has 134 valence electrons. The van der Waals surface area contributed by atoms with Gasteiger partial charge in [0, 0.05) is 13.5 Å². The van der Waals surface area contributed by atoms with E-state index in [1.807, 2.05) is 6.92 Å². The van der Waals surface area contributed by atoms with E-state index < -0.39 is 6.10 Å². The first kappa shape index (κ1) is 17.4. The Bertz CT molecular complexity index is 540. The number of aryl methyl sites for hydroxylation is 1. The molecule has 1 aromatic heterocycles. The van der Waals surface area contributed by atoms with Crippen LogP contribution in [0, 0.1) is 6.92 Å². The number of morpholine rings is 1. The fourth-order valence-corrected chi connectivity index (χ4v) is 3.42. The van der Waals surface area contributed by atoms with Gasteiger partial charge < -0.3 is 18.8 Å². The van der Waals surface area contributed by atoms with Crippen molar-refractivity contribution in [2.45, 2.75) is 70.7 Å². The summed E-state index contributed by atoms with van der Waals surface area (Å²) in [5.41, 5.74) is 0. The lowest BCUT2D eigenvalue weighted by atomic mass is 10.1. The maximum Gasteiger partial charge on any atom is 0.251 e. The van der Waals surface area contributed by atoms with Gasteiger partial charge >= 0.3 is 0 Å². The second-order valence-corrected chi connectivity index (χ2v) is 6.69. The molecule has 1 aromatic rings. The van der Waals surface area contributed by atoms with E-state index in [1.54, 1.807) is 11.8 Å². The molecule has 0 N–H and O–H groups in total. The van der Waals surface area contributed by atoms with Crippen molar-refractivity contribution < 1.29 is 18.7 Å². The largest absolute Gasteiger partial charge is 0.423 e. The quantitative estimate of drug-likeness (QED) is 0.785. The molecule has 2 aliphatic rings. The molecule has 1 amide bonds. The molecule has 24 heavy (non-hydrogen) atoms. The number of hydrogen-bond donors (Lipinski definition) is 0. The van der Waals surface area contributed by atoms with Gasteiger partial charge in [0.2, 0.25) is 11.8 Å². The van der Waals surface area contributed by atoms with Gasteiger partial charge in [-0.15, -0.1) is 10.2 Å². The molecule has 3 rings (SSSR count). The van der Waals surface area contributed by atoms with E-state index in [4.69, 9.17) is 13.9 Å². The van der Waals surface area contributed by atoms with E-state index in [9.17, 15) is 4.79 Å². The van der Waals surface area contributed by atoms with Crippen LogP contribution in [0.3, 0.4) is 0 Å². The lowest BCUT2D eigenvalue weighted by Gasteiger charge is -2.33. The highest BCUT2D eigenvalue weighted by Crippen LogP contribution is 2.24. The Morgan fingerprint density at radius 3 is 2.67 bits per heavy atom. The van der Waals surface area contributed by atoms with Crippen molar-refractivity contribution in [3.05, 3.63) is 11.8 Å². The minimum Gasteiger partial charge on any atom is -0.423 e. The highest BCUT2D eigenvalue weighted by molar-refractivity contribution is 5.80. The first-order valence-electron chi connectivity index (χ1n) is 8.99. The van der Waals surface area contributed by atoms with E-state index in [-0.39, 0.29) is 18.1 Å². The second kappa shape index (κ2) is 8.07. The van der Waals surface area contributed by atoms with Crippen LogP contribution in [0.15, 0.2) is 4.42 Å². The van der Waals surface area contributed by atoms with Gasteiger partial charge in [-0.2, -0.15) is 0 Å². The number of nitrogens with zero attached hydrogens (tertiary/aromatic N) is 3. The Morgan fingerprint density at radius 2 is 2.00 bits per heavy atom. The van der Waals surface area contributed by atoms with Crippen LogP contribution >= 0.6 is 0 Å². The van der Waals surface area contributed by atoms with Gasteiger partial charge in [0.15, 0.2) is 6.10 Å². The topological polar surface area (TPSA) is 77.7 Å². The number of hydrogen-bond acceptors (Lipinski definition) is 6. The van der Waals surface area contributed by atoms with Gasteiger partial charge in [-0.05, 0) is 19.8 Å². The third kappa shape index (κ3) is 4.33. The standard InChI is InChI=1S/C17H27N3O4/c1-12(23-14-7-5-3-4-6-8-14)17(21)20-9-10-22-15(11-20)16-19-18-13(2)24-16/h12,14-15H,3-11H2,1-2H3. The molecular weight excluding hydrogens is 310 g/mol. The number of ether oxygens (including phenoxy) is 2. The van der Waals surface area contributed by atoms with E-state index >= 15 is 0 Å². The molecule has 0 radical (unpaired) electrons. The van der Waals surface area contributed by atoms with Crippen molar-refractivity contribution in [2.24, 2.45) is 0 Å². The predicted octanol–water partition coefficient (Wildman–Crippen LogP) is 2.41. The molecule has 7 nitrogen and oxygen atoms in total. The summed E-state index contributed by atoms with van der Waals surface area (Å²) < 4.78 is 17.2. The average Bonchev–Trinajstić information content (AvgIpc) is 2.87. The zero-order valence-electron chi connectivity index (χ0n) is 14.6. The smallest absolute Gasteiger partial charge is 0.251 e. The Morgan fingerprint density at radius 1 is 1.25 bits per heavy atom. The zero-order valence-corrected chi connectivity index (χ0v) is 14.6. The number of carbonyl (C=O) groups excluding carboxylic acids is 1. The van der Waals surface area contributed by atoms with Crippen molar-refractivity contribution in [2.75, 3.05) is 19.7 Å². The Balaban J connectivity index is 1.55. The fraction of sp³-hybridized carbons (Fsp3) is 0.824. The molecule has 1 aliphatic heterocycles. The molecule has 1 saturated carbocycles. The SMILES string of the molecule is Cc1nnc(C2CN(C(=O)C(C)OC3CCCCCC3)CCO2)o1. The summed E-state index contributed by atoms with van der Waals surface area (Å²) >= 11 is 0. The molecule has 0 aromatic carbocycles. The first-order valence-corrected chi connectivity index (χ1v) is 8.99. The van der Waals surface area contributed by atoms with E-state index in [1.165, 1.54) is 25.7 Å². The van der Waals surface area contributed by atoms with Crippen LogP contribution in [0.1, 0.15) is 63.3 Å². The van der Waals surface area contributed by atoms with Gasteiger partial charge in [-0.3, -0.25) is 4.79 Å². The molecule has 2 unspecified atom stereocenters. The minimum absolute atomic E-state index is 0.0174. The van der Waals surface area contributed by atoms with Crippen LogP contribution in [0.25, 0.3) is 0 Å². The lowest BCUT2D eigenvalue weighted by molar-refractivity contribution is -0.154. The number of carbonyl (C=O) groups is 1. The highest BCUT2D eigenvalue weighted by Gasteiger charge is 2.32. The fourth-order valence-electron chi connectivity index (χ4n) is 3.42. The summed E-state index contributed by atoms with van der Waals surface area (Å²) in [6.45, 7) is 5.06. The molecule has 7 heteroatoms. The van der Waals surface area contributed by atoms with Crippen LogP contribution in [-0.4, -0.2) is 52.9 Å². The minimum atomic E-state index is -0.420. The van der Waals surface area contributed by atoms with E-state index in [0.29, 0.717) is 31.5 Å². The summed E-state index contributed by atoms with van der Waals surface area (Å²) in [5, 5.41) is 7.83. The van der Waals surface area contributed by atoms with Crippen LogP contribution in [-0.2, 0) is 14.3 Å². The van der Waals surface area contributed by atoms with Crippen molar-refractivity contribution in [1.82, 2.24) is 15.1 Å². The molecule has 0 spiro atoms. The number of aromatic nitrogens is 2. The average molecular weight is 337 g/mol. The normalized spacial score (nSPS) is 24.6. The summed E-state index contributed by atoms with van der Waals surface area (Å²) in [5.74, 6) is 0.952. The third-order valence-electron chi connectivity index (χ3n) is 4.74. The van der Waals surface area contributed by atoms with Gasteiger partial charge in [-0.25, -0.2) is 0 Å². The zero-order chi connectivity index (χ0) is 16.9. The lowest BCUT2D eigenvalue weighted by Crippen LogP contribution is -2.47.